The second-order valence-electron chi connectivity index (χ2n) is 8.18. The van der Waals surface area contributed by atoms with Gasteiger partial charge in [-0.1, -0.05) is 24.3 Å². The molecular weight excluding hydrogens is 453 g/mol. The first kappa shape index (κ1) is 24.0. The van der Waals surface area contributed by atoms with Crippen LogP contribution in [0, 0.1) is 0 Å². The zero-order valence-electron chi connectivity index (χ0n) is 19.0. The highest BCUT2D eigenvalue weighted by molar-refractivity contribution is 5.48. The summed E-state index contributed by atoms with van der Waals surface area (Å²) in [5.74, 6) is 1.95. The summed E-state index contributed by atoms with van der Waals surface area (Å²) in [4.78, 5) is 0. The van der Waals surface area contributed by atoms with Gasteiger partial charge in [0.1, 0.15) is 34.6 Å². The third-order valence-electron chi connectivity index (χ3n) is 5.87. The Bertz CT molecular complexity index is 1140. The lowest BCUT2D eigenvalue weighted by Crippen LogP contribution is -2.43. The molecule has 4 rings (SSSR count). The summed E-state index contributed by atoms with van der Waals surface area (Å²) in [6.45, 7) is 1.14. The minimum Gasteiger partial charge on any atom is -0.457 e. The zero-order chi connectivity index (χ0) is 25.0. The Morgan fingerprint density at radius 3 is 1.09 bits per heavy atom. The third-order valence-corrected chi connectivity index (χ3v) is 5.87. The first-order valence-corrected chi connectivity index (χ1v) is 11.0. The number of benzene rings is 4. The standard InChI is InChI=1S/C28H25F3N2O2/c1-18(29)28(27(30)31,19-2-10-23(11-3-19)34-25-14-6-21(32)7-15-25)20-4-12-24(13-5-20)35-26-16-8-22(33)9-17-26/h2-18,27H,32-33H2,1H3. The van der Waals surface area contributed by atoms with Crippen LogP contribution in [0.25, 0.3) is 0 Å². The van der Waals surface area contributed by atoms with Crippen molar-refractivity contribution in [3.8, 4) is 23.0 Å². The molecule has 0 fully saturated rings. The summed E-state index contributed by atoms with van der Waals surface area (Å²) in [6.07, 6.45) is -4.88. The third kappa shape index (κ3) is 5.04. The average Bonchev–Trinajstić information content (AvgIpc) is 2.84. The number of rotatable bonds is 8. The molecule has 0 saturated heterocycles. The summed E-state index contributed by atoms with van der Waals surface area (Å²) in [7, 11) is 0. The maximum absolute atomic E-state index is 15.0. The van der Waals surface area contributed by atoms with Crippen LogP contribution >= 0.6 is 0 Å². The van der Waals surface area contributed by atoms with Gasteiger partial charge in [-0.15, -0.1) is 0 Å². The van der Waals surface area contributed by atoms with Crippen molar-refractivity contribution in [2.75, 3.05) is 11.5 Å². The van der Waals surface area contributed by atoms with Crippen LogP contribution in [0.2, 0.25) is 0 Å². The van der Waals surface area contributed by atoms with Gasteiger partial charge in [0.25, 0.3) is 6.43 Å². The van der Waals surface area contributed by atoms with Crippen molar-refractivity contribution in [2.24, 2.45) is 0 Å². The number of hydrogen-bond acceptors (Lipinski definition) is 4. The van der Waals surface area contributed by atoms with Crippen molar-refractivity contribution in [3.05, 3.63) is 108 Å². The second kappa shape index (κ2) is 10.0. The Hall–Kier alpha value is -4.13. The van der Waals surface area contributed by atoms with Crippen molar-refractivity contribution >= 4 is 11.4 Å². The molecular formula is C28H25F3N2O2. The predicted octanol–water partition coefficient (Wildman–Crippen LogP) is 7.34. The smallest absolute Gasteiger partial charge is 0.254 e. The fourth-order valence-corrected chi connectivity index (χ4v) is 3.99. The fraction of sp³-hybridized carbons (Fsp3) is 0.143. The van der Waals surface area contributed by atoms with Crippen molar-refractivity contribution in [1.82, 2.24) is 0 Å². The maximum Gasteiger partial charge on any atom is 0.254 e. The summed E-state index contributed by atoms with van der Waals surface area (Å²) in [5, 5.41) is 0. The highest BCUT2D eigenvalue weighted by atomic mass is 19.3. The molecule has 1 unspecified atom stereocenters. The second-order valence-corrected chi connectivity index (χ2v) is 8.18. The molecule has 0 heterocycles. The highest BCUT2D eigenvalue weighted by Crippen LogP contribution is 2.44. The van der Waals surface area contributed by atoms with Gasteiger partial charge in [-0.05, 0) is 90.8 Å². The van der Waals surface area contributed by atoms with Gasteiger partial charge in [-0.2, -0.15) is 0 Å². The molecule has 0 aliphatic heterocycles. The van der Waals surface area contributed by atoms with E-state index in [4.69, 9.17) is 20.9 Å². The van der Waals surface area contributed by atoms with Crippen molar-refractivity contribution < 1.29 is 22.6 Å². The minimum atomic E-state index is -3.00. The topological polar surface area (TPSA) is 70.5 Å². The van der Waals surface area contributed by atoms with E-state index in [1.54, 1.807) is 72.8 Å². The molecule has 0 bridgehead atoms. The predicted molar refractivity (Wildman–Crippen MR) is 132 cm³/mol. The van der Waals surface area contributed by atoms with Crippen LogP contribution in [0.15, 0.2) is 97.1 Å². The Labute approximate surface area is 201 Å². The van der Waals surface area contributed by atoms with Crippen LogP contribution in [0.5, 0.6) is 23.0 Å². The summed E-state index contributed by atoms with van der Waals surface area (Å²) >= 11 is 0. The number of ether oxygens (including phenoxy) is 2. The van der Waals surface area contributed by atoms with E-state index in [0.29, 0.717) is 34.4 Å². The molecule has 1 atom stereocenters. The molecule has 0 aliphatic rings. The van der Waals surface area contributed by atoms with E-state index >= 15 is 4.39 Å². The van der Waals surface area contributed by atoms with Gasteiger partial charge in [0.2, 0.25) is 0 Å². The lowest BCUT2D eigenvalue weighted by molar-refractivity contribution is 0.0277. The van der Waals surface area contributed by atoms with Crippen LogP contribution in [-0.2, 0) is 5.41 Å². The van der Waals surface area contributed by atoms with E-state index in [1.165, 1.54) is 24.3 Å². The first-order valence-electron chi connectivity index (χ1n) is 11.0. The fourth-order valence-electron chi connectivity index (χ4n) is 3.99. The number of hydrogen-bond donors (Lipinski definition) is 2. The Kier molecular flexibility index (Phi) is 6.87. The van der Waals surface area contributed by atoms with Crippen LogP contribution in [0.4, 0.5) is 24.5 Å². The molecule has 4 aromatic rings. The minimum absolute atomic E-state index is 0.138. The van der Waals surface area contributed by atoms with Gasteiger partial charge >= 0.3 is 0 Å². The Morgan fingerprint density at radius 1 is 0.543 bits per heavy atom. The van der Waals surface area contributed by atoms with Crippen LogP contribution in [-0.4, -0.2) is 12.6 Å². The van der Waals surface area contributed by atoms with Crippen LogP contribution in [0.1, 0.15) is 18.1 Å². The molecule has 0 radical (unpaired) electrons. The molecule has 7 heteroatoms. The Morgan fingerprint density at radius 2 is 0.829 bits per heavy atom. The number of anilines is 2. The molecule has 0 spiro atoms. The van der Waals surface area contributed by atoms with Crippen molar-refractivity contribution in [1.29, 1.82) is 0 Å². The number of nitrogen functional groups attached to an aromatic ring is 2. The van der Waals surface area contributed by atoms with E-state index < -0.39 is 18.0 Å². The van der Waals surface area contributed by atoms with Gasteiger partial charge in [0.05, 0.1) is 0 Å². The monoisotopic (exact) mass is 478 g/mol. The number of halogens is 3. The number of nitrogens with two attached hydrogens (primary N) is 2. The lowest BCUT2D eigenvalue weighted by atomic mass is 9.71. The zero-order valence-corrected chi connectivity index (χ0v) is 19.0. The van der Waals surface area contributed by atoms with Crippen LogP contribution in [0.3, 0.4) is 0 Å². The van der Waals surface area contributed by atoms with Crippen molar-refractivity contribution in [3.63, 3.8) is 0 Å². The highest BCUT2D eigenvalue weighted by Gasteiger charge is 2.48. The van der Waals surface area contributed by atoms with E-state index in [-0.39, 0.29) is 11.1 Å². The van der Waals surface area contributed by atoms with E-state index in [0.717, 1.165) is 6.92 Å². The summed E-state index contributed by atoms with van der Waals surface area (Å²) in [5.41, 5.74) is 10.7. The van der Waals surface area contributed by atoms with Gasteiger partial charge in [0, 0.05) is 11.4 Å². The van der Waals surface area contributed by atoms with Gasteiger partial charge < -0.3 is 20.9 Å². The Balaban J connectivity index is 1.62. The first-order chi connectivity index (χ1) is 16.8. The molecule has 0 aliphatic carbocycles. The SMILES string of the molecule is CC(F)C(c1ccc(Oc2ccc(N)cc2)cc1)(c1ccc(Oc2ccc(N)cc2)cc1)C(F)F. The van der Waals surface area contributed by atoms with Crippen molar-refractivity contribution in [2.45, 2.75) is 24.9 Å². The largest absolute Gasteiger partial charge is 0.457 e. The van der Waals surface area contributed by atoms with Crippen LogP contribution < -0.4 is 20.9 Å². The molecule has 4 nitrogen and oxygen atoms in total. The van der Waals surface area contributed by atoms with Gasteiger partial charge in [0.15, 0.2) is 0 Å². The van der Waals surface area contributed by atoms with Gasteiger partial charge in [-0.25, -0.2) is 13.2 Å². The summed E-state index contributed by atoms with van der Waals surface area (Å²) in [6, 6.07) is 25.6. The lowest BCUT2D eigenvalue weighted by Gasteiger charge is -2.36. The quantitative estimate of drug-likeness (QED) is 0.260. The maximum atomic E-state index is 15.0. The average molecular weight is 479 g/mol. The molecule has 0 saturated carbocycles. The molecule has 180 valence electrons. The summed E-state index contributed by atoms with van der Waals surface area (Å²) < 4.78 is 55.8. The number of alkyl halides is 3. The van der Waals surface area contributed by atoms with Gasteiger partial charge in [-0.3, -0.25) is 0 Å². The molecule has 35 heavy (non-hydrogen) atoms. The molecule has 4 N–H and O–H groups in total. The molecule has 0 amide bonds. The van der Waals surface area contributed by atoms with E-state index in [2.05, 4.69) is 0 Å². The normalized spacial score (nSPS) is 12.4. The molecule has 4 aromatic carbocycles. The molecule has 0 aromatic heterocycles. The van der Waals surface area contributed by atoms with E-state index in [9.17, 15) is 8.78 Å². The van der Waals surface area contributed by atoms with E-state index in [1.807, 2.05) is 0 Å².